The third kappa shape index (κ3) is 2.24. The fourth-order valence-corrected chi connectivity index (χ4v) is 1.86. The van der Waals surface area contributed by atoms with Gasteiger partial charge < -0.3 is 9.47 Å². The van der Waals surface area contributed by atoms with Crippen LogP contribution in [0.4, 0.5) is 0 Å². The second-order valence-corrected chi connectivity index (χ2v) is 3.85. The van der Waals surface area contributed by atoms with E-state index >= 15 is 0 Å². The molecule has 0 saturated heterocycles. The summed E-state index contributed by atoms with van der Waals surface area (Å²) in [6, 6.07) is 3.99. The van der Waals surface area contributed by atoms with Gasteiger partial charge in [-0.3, -0.25) is 0 Å². The fourth-order valence-electron chi connectivity index (χ4n) is 1.42. The number of benzene rings is 1. The Morgan fingerprint density at radius 3 is 2.53 bits per heavy atom. The van der Waals surface area contributed by atoms with Crippen LogP contribution in [0, 0.1) is 18.3 Å². The van der Waals surface area contributed by atoms with Crippen LogP contribution in [-0.2, 0) is 6.42 Å². The zero-order valence-electron chi connectivity index (χ0n) is 8.93. The van der Waals surface area contributed by atoms with Gasteiger partial charge in [0, 0.05) is 10.0 Å². The van der Waals surface area contributed by atoms with Crippen molar-refractivity contribution in [1.29, 1.82) is 5.26 Å². The number of halogens is 1. The van der Waals surface area contributed by atoms with Crippen molar-refractivity contribution in [3.8, 4) is 17.6 Å². The van der Waals surface area contributed by atoms with Crippen LogP contribution in [0.2, 0.25) is 0 Å². The second-order valence-electron chi connectivity index (χ2n) is 3.06. The molecule has 0 fully saturated rings. The van der Waals surface area contributed by atoms with Gasteiger partial charge in [-0.1, -0.05) is 15.9 Å². The summed E-state index contributed by atoms with van der Waals surface area (Å²) in [5.41, 5.74) is 1.86. The van der Waals surface area contributed by atoms with Gasteiger partial charge in [-0.2, -0.15) is 5.26 Å². The smallest absolute Gasteiger partial charge is 0.166 e. The SMILES string of the molecule is COc1cc(C)c(Br)c(CC#N)c1OC. The van der Waals surface area contributed by atoms with E-state index < -0.39 is 0 Å². The number of aryl methyl sites for hydroxylation is 1. The predicted molar refractivity (Wildman–Crippen MR) is 61.3 cm³/mol. The molecule has 0 bridgehead atoms. The Kier molecular flexibility index (Phi) is 3.98. The van der Waals surface area contributed by atoms with E-state index in [1.807, 2.05) is 13.0 Å². The molecule has 3 nitrogen and oxygen atoms in total. The lowest BCUT2D eigenvalue weighted by molar-refractivity contribution is 0.351. The number of rotatable bonds is 3. The van der Waals surface area contributed by atoms with Gasteiger partial charge in [-0.25, -0.2) is 0 Å². The summed E-state index contributed by atoms with van der Waals surface area (Å²) in [5.74, 6) is 1.28. The molecule has 0 amide bonds. The van der Waals surface area contributed by atoms with Gasteiger partial charge >= 0.3 is 0 Å². The van der Waals surface area contributed by atoms with Gasteiger partial charge in [0.05, 0.1) is 26.7 Å². The van der Waals surface area contributed by atoms with Crippen LogP contribution in [0.15, 0.2) is 10.5 Å². The van der Waals surface area contributed by atoms with Crippen molar-refractivity contribution in [3.05, 3.63) is 21.7 Å². The fraction of sp³-hybridized carbons (Fsp3) is 0.364. The van der Waals surface area contributed by atoms with Crippen molar-refractivity contribution in [1.82, 2.24) is 0 Å². The standard InChI is InChI=1S/C11H12BrNO2/c1-7-6-9(14-2)11(15-3)8(4-5-13)10(7)12/h6H,4H2,1-3H3. The van der Waals surface area contributed by atoms with Gasteiger partial charge in [0.2, 0.25) is 0 Å². The van der Waals surface area contributed by atoms with E-state index in [1.54, 1.807) is 14.2 Å². The normalized spacial score (nSPS) is 9.53. The zero-order valence-corrected chi connectivity index (χ0v) is 10.5. The highest BCUT2D eigenvalue weighted by Gasteiger charge is 2.15. The molecular formula is C11H12BrNO2. The molecule has 0 aromatic heterocycles. The Morgan fingerprint density at radius 2 is 2.07 bits per heavy atom. The third-order valence-corrected chi connectivity index (χ3v) is 3.24. The third-order valence-electron chi connectivity index (χ3n) is 2.14. The minimum atomic E-state index is 0.293. The van der Waals surface area contributed by atoms with E-state index in [2.05, 4.69) is 22.0 Å². The van der Waals surface area contributed by atoms with Crippen LogP contribution in [0.1, 0.15) is 11.1 Å². The first kappa shape index (κ1) is 11.9. The maximum absolute atomic E-state index is 8.75. The highest BCUT2D eigenvalue weighted by molar-refractivity contribution is 9.10. The highest BCUT2D eigenvalue weighted by Crippen LogP contribution is 2.38. The number of nitriles is 1. The summed E-state index contributed by atoms with van der Waals surface area (Å²) in [5, 5.41) is 8.75. The van der Waals surface area contributed by atoms with Crippen molar-refractivity contribution < 1.29 is 9.47 Å². The van der Waals surface area contributed by atoms with Crippen LogP contribution >= 0.6 is 15.9 Å². The molecule has 1 rings (SSSR count). The molecule has 0 unspecified atom stereocenters. The summed E-state index contributed by atoms with van der Waals surface area (Å²) >= 11 is 3.45. The maximum Gasteiger partial charge on any atom is 0.166 e. The quantitative estimate of drug-likeness (QED) is 0.848. The summed E-state index contributed by atoms with van der Waals surface area (Å²) in [4.78, 5) is 0. The molecule has 0 aliphatic rings. The maximum atomic E-state index is 8.75. The minimum Gasteiger partial charge on any atom is -0.493 e. The summed E-state index contributed by atoms with van der Waals surface area (Å²) in [7, 11) is 3.15. The Labute approximate surface area is 97.7 Å². The van der Waals surface area contributed by atoms with Crippen molar-refractivity contribution in [3.63, 3.8) is 0 Å². The average molecular weight is 270 g/mol. The Hall–Kier alpha value is -1.21. The first-order valence-electron chi connectivity index (χ1n) is 4.42. The van der Waals surface area contributed by atoms with Crippen LogP contribution in [0.25, 0.3) is 0 Å². The van der Waals surface area contributed by atoms with Crippen LogP contribution in [-0.4, -0.2) is 14.2 Å². The zero-order chi connectivity index (χ0) is 11.4. The van der Waals surface area contributed by atoms with Crippen LogP contribution in [0.3, 0.4) is 0 Å². The molecule has 0 radical (unpaired) electrons. The highest BCUT2D eigenvalue weighted by atomic mass is 79.9. The summed E-state index contributed by atoms with van der Waals surface area (Å²) in [6.07, 6.45) is 0.293. The Balaban J connectivity index is 3.43. The van der Waals surface area contributed by atoms with Crippen molar-refractivity contribution in [2.24, 2.45) is 0 Å². The van der Waals surface area contributed by atoms with E-state index in [0.29, 0.717) is 17.9 Å². The lowest BCUT2D eigenvalue weighted by Crippen LogP contribution is -1.98. The van der Waals surface area contributed by atoms with Gasteiger partial charge in [-0.05, 0) is 18.6 Å². The Bertz CT molecular complexity index is 410. The lowest BCUT2D eigenvalue weighted by Gasteiger charge is -2.14. The van der Waals surface area contributed by atoms with Crippen molar-refractivity contribution >= 4 is 15.9 Å². The molecule has 0 atom stereocenters. The van der Waals surface area contributed by atoms with E-state index in [1.165, 1.54) is 0 Å². The molecule has 0 heterocycles. The van der Waals surface area contributed by atoms with Gasteiger partial charge in [0.1, 0.15) is 0 Å². The molecule has 0 N–H and O–H groups in total. The van der Waals surface area contributed by atoms with Crippen LogP contribution in [0.5, 0.6) is 11.5 Å². The largest absolute Gasteiger partial charge is 0.493 e. The van der Waals surface area contributed by atoms with Gasteiger partial charge in [0.25, 0.3) is 0 Å². The lowest BCUT2D eigenvalue weighted by atomic mass is 10.1. The summed E-state index contributed by atoms with van der Waals surface area (Å²) < 4.78 is 11.4. The predicted octanol–water partition coefficient (Wildman–Crippen LogP) is 2.84. The summed E-state index contributed by atoms with van der Waals surface area (Å²) in [6.45, 7) is 1.95. The minimum absolute atomic E-state index is 0.293. The average Bonchev–Trinajstić information content (AvgIpc) is 2.24. The molecule has 0 aliphatic heterocycles. The van der Waals surface area contributed by atoms with E-state index in [9.17, 15) is 0 Å². The van der Waals surface area contributed by atoms with Gasteiger partial charge in [0.15, 0.2) is 11.5 Å². The molecule has 0 aliphatic carbocycles. The number of ether oxygens (including phenoxy) is 2. The topological polar surface area (TPSA) is 42.2 Å². The number of hydrogen-bond acceptors (Lipinski definition) is 3. The van der Waals surface area contributed by atoms with Crippen molar-refractivity contribution in [2.45, 2.75) is 13.3 Å². The molecule has 80 valence electrons. The number of nitrogens with zero attached hydrogens (tertiary/aromatic N) is 1. The Morgan fingerprint density at radius 1 is 1.40 bits per heavy atom. The first-order chi connectivity index (χ1) is 7.15. The van der Waals surface area contributed by atoms with E-state index in [-0.39, 0.29) is 0 Å². The van der Waals surface area contributed by atoms with Crippen LogP contribution < -0.4 is 9.47 Å². The number of methoxy groups -OCH3 is 2. The van der Waals surface area contributed by atoms with Crippen molar-refractivity contribution in [2.75, 3.05) is 14.2 Å². The monoisotopic (exact) mass is 269 g/mol. The molecule has 4 heteroatoms. The molecule has 0 saturated carbocycles. The molecule has 0 spiro atoms. The first-order valence-corrected chi connectivity index (χ1v) is 5.21. The molecule has 1 aromatic rings. The van der Waals surface area contributed by atoms with E-state index in [0.717, 1.165) is 15.6 Å². The van der Waals surface area contributed by atoms with Gasteiger partial charge in [-0.15, -0.1) is 0 Å². The second kappa shape index (κ2) is 5.04. The molecule has 15 heavy (non-hydrogen) atoms. The molecule has 1 aromatic carbocycles. The molecular weight excluding hydrogens is 258 g/mol. The van der Waals surface area contributed by atoms with E-state index in [4.69, 9.17) is 14.7 Å². The number of hydrogen-bond donors (Lipinski definition) is 0.